The molecule has 3 aliphatic rings. The van der Waals surface area contributed by atoms with Crippen LogP contribution in [0.1, 0.15) is 107 Å². The molecular formula is C32H48N2O3. The van der Waals surface area contributed by atoms with E-state index in [0.717, 1.165) is 56.9 Å². The number of allylic oxidation sites excluding steroid dienone is 4. The Kier molecular flexibility index (Phi) is 7.79. The average Bonchev–Trinajstić information content (AvgIpc) is 2.79. The molecule has 0 saturated heterocycles. The van der Waals surface area contributed by atoms with Gasteiger partial charge in [-0.2, -0.15) is 5.26 Å². The van der Waals surface area contributed by atoms with Crippen LogP contribution in [-0.2, 0) is 14.4 Å². The van der Waals surface area contributed by atoms with Gasteiger partial charge in [0.25, 0.3) is 0 Å². The first kappa shape index (κ1) is 29.3. The fourth-order valence-corrected chi connectivity index (χ4v) is 8.26. The summed E-state index contributed by atoms with van der Waals surface area (Å²) < 4.78 is 0. The molecular weight excluding hydrogens is 460 g/mol. The molecule has 0 heterocycles. The van der Waals surface area contributed by atoms with E-state index in [0.29, 0.717) is 5.92 Å². The van der Waals surface area contributed by atoms with Gasteiger partial charge in [0.1, 0.15) is 6.07 Å². The Bertz CT molecular complexity index is 1060. The average molecular weight is 509 g/mol. The topological polar surface area (TPSA) is 87.0 Å². The number of Topliss-reactive ketones (excluding diaryl/α,β-unsaturated/α-hetero) is 1. The van der Waals surface area contributed by atoms with Gasteiger partial charge in [-0.25, -0.2) is 0 Å². The largest absolute Gasteiger partial charge is 0.353 e. The Balaban J connectivity index is 2.03. The van der Waals surface area contributed by atoms with E-state index in [1.807, 2.05) is 13.0 Å². The molecule has 1 unspecified atom stereocenters. The maximum atomic E-state index is 12.9. The summed E-state index contributed by atoms with van der Waals surface area (Å²) in [6.07, 6.45) is 11.2. The van der Waals surface area contributed by atoms with Crippen LogP contribution in [0.2, 0.25) is 0 Å². The van der Waals surface area contributed by atoms with Gasteiger partial charge in [-0.05, 0) is 86.0 Å². The molecule has 0 aromatic rings. The first-order valence-corrected chi connectivity index (χ1v) is 14.1. The highest BCUT2D eigenvalue weighted by Gasteiger charge is 2.58. The van der Waals surface area contributed by atoms with Crippen molar-refractivity contribution in [1.29, 1.82) is 5.26 Å². The predicted molar refractivity (Wildman–Crippen MR) is 147 cm³/mol. The summed E-state index contributed by atoms with van der Waals surface area (Å²) in [4.78, 5) is 37.2. The zero-order valence-electron chi connectivity index (χ0n) is 24.6. The number of carbonyl (C=O) groups is 3. The molecule has 0 aliphatic heterocycles. The third-order valence-corrected chi connectivity index (χ3v) is 11.2. The molecule has 1 amide bonds. The summed E-state index contributed by atoms with van der Waals surface area (Å²) in [6, 6.07) is 2.14. The molecule has 5 nitrogen and oxygen atoms in total. The lowest BCUT2D eigenvalue weighted by Gasteiger charge is -2.59. The maximum absolute atomic E-state index is 12.9. The molecule has 3 rings (SSSR count). The number of rotatable bonds is 7. The second kappa shape index (κ2) is 9.83. The number of hydrogen-bond acceptors (Lipinski definition) is 4. The van der Waals surface area contributed by atoms with Crippen molar-refractivity contribution in [1.82, 2.24) is 5.32 Å². The van der Waals surface area contributed by atoms with Gasteiger partial charge in [0.15, 0.2) is 11.6 Å². The lowest BCUT2D eigenvalue weighted by Crippen LogP contribution is -2.56. The number of carbonyl (C=O) groups excluding carboxylic acids is 3. The molecule has 37 heavy (non-hydrogen) atoms. The van der Waals surface area contributed by atoms with E-state index in [1.165, 1.54) is 0 Å². The second-order valence-electron chi connectivity index (χ2n) is 14.3. The molecule has 6 atom stereocenters. The Morgan fingerprint density at radius 1 is 1.19 bits per heavy atom. The van der Waals surface area contributed by atoms with Gasteiger partial charge < -0.3 is 5.32 Å². The van der Waals surface area contributed by atoms with E-state index in [-0.39, 0.29) is 50.8 Å². The highest BCUT2D eigenvalue weighted by atomic mass is 16.1. The monoisotopic (exact) mass is 508 g/mol. The fourth-order valence-electron chi connectivity index (χ4n) is 8.26. The highest BCUT2D eigenvalue weighted by Crippen LogP contribution is 2.65. The van der Waals surface area contributed by atoms with E-state index in [9.17, 15) is 19.6 Å². The Morgan fingerprint density at radius 3 is 2.38 bits per heavy atom. The lowest BCUT2D eigenvalue weighted by atomic mass is 9.44. The van der Waals surface area contributed by atoms with Crippen molar-refractivity contribution >= 4 is 18.0 Å². The van der Waals surface area contributed by atoms with Crippen LogP contribution < -0.4 is 5.32 Å². The number of nitrogens with zero attached hydrogens (tertiary/aromatic N) is 1. The highest BCUT2D eigenvalue weighted by molar-refractivity contribution is 6.02. The van der Waals surface area contributed by atoms with E-state index in [1.54, 1.807) is 13.0 Å². The number of fused-ring (bicyclic) bond motifs is 1. The molecule has 0 aromatic heterocycles. The van der Waals surface area contributed by atoms with Crippen molar-refractivity contribution in [3.63, 3.8) is 0 Å². The maximum Gasteiger partial charge on any atom is 0.207 e. The summed E-state index contributed by atoms with van der Waals surface area (Å²) in [5, 5.41) is 13.0. The van der Waals surface area contributed by atoms with Crippen molar-refractivity contribution in [2.24, 2.45) is 39.4 Å². The van der Waals surface area contributed by atoms with Gasteiger partial charge in [-0.15, -0.1) is 0 Å². The first-order chi connectivity index (χ1) is 17.0. The van der Waals surface area contributed by atoms with E-state index >= 15 is 0 Å². The Hall–Kier alpha value is -2.22. The molecule has 0 spiro atoms. The van der Waals surface area contributed by atoms with Crippen LogP contribution in [-0.4, -0.2) is 23.5 Å². The zero-order valence-corrected chi connectivity index (χ0v) is 24.6. The van der Waals surface area contributed by atoms with Gasteiger partial charge in [-0.1, -0.05) is 67.0 Å². The van der Waals surface area contributed by atoms with Crippen LogP contribution in [0.4, 0.5) is 0 Å². The number of nitriles is 1. The van der Waals surface area contributed by atoms with Crippen molar-refractivity contribution in [2.75, 3.05) is 0 Å². The molecule has 204 valence electrons. The van der Waals surface area contributed by atoms with Gasteiger partial charge in [0.2, 0.25) is 6.41 Å². The van der Waals surface area contributed by atoms with Crippen molar-refractivity contribution in [2.45, 2.75) is 113 Å². The quantitative estimate of drug-likeness (QED) is 0.305. The number of ketones is 2. The Labute approximate surface area is 224 Å². The van der Waals surface area contributed by atoms with Crippen LogP contribution in [0.3, 0.4) is 0 Å². The first-order valence-electron chi connectivity index (χ1n) is 14.1. The molecule has 2 saturated carbocycles. The van der Waals surface area contributed by atoms with Crippen LogP contribution in [0.5, 0.6) is 0 Å². The molecule has 5 heteroatoms. The Morgan fingerprint density at radius 2 is 1.84 bits per heavy atom. The third kappa shape index (κ3) is 4.98. The lowest BCUT2D eigenvalue weighted by molar-refractivity contribution is -0.123. The van der Waals surface area contributed by atoms with E-state index in [4.69, 9.17) is 0 Å². The second-order valence-corrected chi connectivity index (χ2v) is 14.3. The minimum Gasteiger partial charge on any atom is -0.353 e. The molecule has 2 fully saturated rings. The summed E-state index contributed by atoms with van der Waals surface area (Å²) in [5.41, 5.74) is 0.301. The third-order valence-electron chi connectivity index (χ3n) is 11.2. The van der Waals surface area contributed by atoms with Crippen LogP contribution in [0.15, 0.2) is 23.3 Å². The number of nitrogens with one attached hydrogen (secondary N) is 1. The molecule has 3 aliphatic carbocycles. The number of amides is 1. The van der Waals surface area contributed by atoms with E-state index in [2.05, 4.69) is 59.9 Å². The van der Waals surface area contributed by atoms with Crippen LogP contribution in [0.25, 0.3) is 0 Å². The van der Waals surface area contributed by atoms with Crippen molar-refractivity contribution in [3.8, 4) is 6.07 Å². The smallest absolute Gasteiger partial charge is 0.207 e. The van der Waals surface area contributed by atoms with Crippen molar-refractivity contribution in [3.05, 3.63) is 23.3 Å². The summed E-state index contributed by atoms with van der Waals surface area (Å²) in [5.74, 6) is 0.106. The minimum absolute atomic E-state index is 0.00223. The van der Waals surface area contributed by atoms with Crippen LogP contribution in [0, 0.1) is 50.7 Å². The normalized spacial score (nSPS) is 38.8. The zero-order chi connectivity index (χ0) is 28.0. The van der Waals surface area contributed by atoms with Gasteiger partial charge >= 0.3 is 0 Å². The molecule has 1 N–H and O–H groups in total. The molecule has 0 radical (unpaired) electrons. The van der Waals surface area contributed by atoms with E-state index < -0.39 is 5.41 Å². The standard InChI is InChI=1S/C32H48N2O3/c1-21-17-28(4,5)12-14-32(21,34-20-35)15-13-29(6,7)31(9)11-10-25-23(3)27(37)24(19-33)18-30(25,8)26(31)16-22(2)36/h16,18,20-21,23,25H,10-15,17H2,1-9H3,(H,34,35)/b26-16-/t21?,23-,25-,30-,31+,32-/m0/s1. The molecule has 0 bridgehead atoms. The summed E-state index contributed by atoms with van der Waals surface area (Å²) >= 11 is 0. The molecule has 0 aromatic carbocycles. The SMILES string of the molecule is CC(=O)/C=C1/[C@@]2(C)C=C(C#N)C(=O)[C@@H](C)[C@@H]2CC[C@@]1(C)C(C)(C)CC[C@@]1(NC=O)CCC(C)(C)CC1C. The van der Waals surface area contributed by atoms with Crippen molar-refractivity contribution < 1.29 is 14.4 Å². The van der Waals surface area contributed by atoms with Gasteiger partial charge in [-0.3, -0.25) is 14.4 Å². The van der Waals surface area contributed by atoms with Gasteiger partial charge in [0.05, 0.1) is 5.57 Å². The van der Waals surface area contributed by atoms with Crippen LogP contribution >= 0.6 is 0 Å². The van der Waals surface area contributed by atoms with Gasteiger partial charge in [0, 0.05) is 16.9 Å². The fraction of sp³-hybridized carbons (Fsp3) is 0.750. The number of hydrogen-bond donors (Lipinski definition) is 1. The predicted octanol–water partition coefficient (Wildman–Crippen LogP) is 6.73. The summed E-state index contributed by atoms with van der Waals surface area (Å²) in [7, 11) is 0. The summed E-state index contributed by atoms with van der Waals surface area (Å²) in [6.45, 7) is 19.4. The minimum atomic E-state index is -0.533.